The second kappa shape index (κ2) is 15.9. The van der Waals surface area contributed by atoms with E-state index in [4.69, 9.17) is 24.5 Å². The van der Waals surface area contributed by atoms with E-state index in [0.717, 1.165) is 13.2 Å². The molecule has 0 unspecified atom stereocenters. The summed E-state index contributed by atoms with van der Waals surface area (Å²) in [7, 11) is 0. The predicted octanol–water partition coefficient (Wildman–Crippen LogP) is 2.08. The molecule has 0 bridgehead atoms. The van der Waals surface area contributed by atoms with E-state index in [9.17, 15) is 0 Å². The molecule has 0 rings (SSSR count). The lowest BCUT2D eigenvalue weighted by Crippen LogP contribution is -2.47. The molecule has 0 heterocycles. The van der Waals surface area contributed by atoms with E-state index < -0.39 is 11.9 Å². The number of quaternary nitrogens is 1. The third-order valence-corrected chi connectivity index (χ3v) is 3.27. The van der Waals surface area contributed by atoms with Gasteiger partial charge in [0.15, 0.2) is 0 Å². The smallest absolute Gasteiger partial charge is 0.414 e. The lowest BCUT2D eigenvalue weighted by molar-refractivity contribution is -0.921. The minimum atomic E-state index is -1.82. The molecule has 0 amide bonds. The van der Waals surface area contributed by atoms with Crippen molar-refractivity contribution >= 4 is 11.9 Å². The van der Waals surface area contributed by atoms with Crippen LogP contribution in [-0.4, -0.2) is 66.0 Å². The van der Waals surface area contributed by atoms with E-state index in [1.807, 2.05) is 13.8 Å². The molecule has 6 nitrogen and oxygen atoms in total. The summed E-state index contributed by atoms with van der Waals surface area (Å²) in [5, 5.41) is 14.8. The fraction of sp³-hybridized carbons (Fsp3) is 0.857. The van der Waals surface area contributed by atoms with Crippen molar-refractivity contribution in [2.75, 3.05) is 39.4 Å². The lowest BCUT2D eigenvalue weighted by atomic mass is 10.3. The molecule has 0 aliphatic carbocycles. The molecule has 122 valence electrons. The van der Waals surface area contributed by atoms with Gasteiger partial charge in [0.25, 0.3) is 0 Å². The summed E-state index contributed by atoms with van der Waals surface area (Å²) in [6.07, 6.45) is 0. The van der Waals surface area contributed by atoms with Gasteiger partial charge in [-0.05, 0) is 41.5 Å². The van der Waals surface area contributed by atoms with Crippen LogP contribution in [0.5, 0.6) is 0 Å². The number of hydrogen-bond acceptors (Lipinski definition) is 3. The Labute approximate surface area is 122 Å². The van der Waals surface area contributed by atoms with Gasteiger partial charge in [0, 0.05) is 13.2 Å². The average Bonchev–Trinajstić information content (AvgIpc) is 2.44. The molecule has 0 atom stereocenters. The van der Waals surface area contributed by atoms with E-state index in [1.54, 1.807) is 0 Å². The topological polar surface area (TPSA) is 83.8 Å². The van der Waals surface area contributed by atoms with E-state index in [1.165, 1.54) is 30.7 Å². The average molecular weight is 294 g/mol. The summed E-state index contributed by atoms with van der Waals surface area (Å²) >= 11 is 0. The summed E-state index contributed by atoms with van der Waals surface area (Å²) in [5.41, 5.74) is 0. The number of rotatable bonds is 6. The van der Waals surface area contributed by atoms with Gasteiger partial charge in [0.05, 0.1) is 26.2 Å². The molecular weight excluding hydrogens is 262 g/mol. The fourth-order valence-electron chi connectivity index (χ4n) is 1.55. The van der Waals surface area contributed by atoms with Gasteiger partial charge in [-0.1, -0.05) is 0 Å². The minimum absolute atomic E-state index is 0.844. The molecule has 0 radical (unpaired) electrons. The fourth-order valence-corrected chi connectivity index (χ4v) is 1.55. The Morgan fingerprint density at radius 2 is 1.00 bits per heavy atom. The summed E-state index contributed by atoms with van der Waals surface area (Å²) in [6.45, 7) is 19.9. The number of nitrogens with zero attached hydrogens (tertiary/aromatic N) is 1. The van der Waals surface area contributed by atoms with Gasteiger partial charge in [-0.25, -0.2) is 9.59 Å². The van der Waals surface area contributed by atoms with Gasteiger partial charge in [0.2, 0.25) is 0 Å². The first kappa shape index (κ1) is 23.9. The third-order valence-electron chi connectivity index (χ3n) is 3.27. The van der Waals surface area contributed by atoms with Crippen LogP contribution < -0.4 is 0 Å². The Kier molecular flexibility index (Phi) is 19.0. The number of hydrogen-bond donors (Lipinski definition) is 2. The maximum atomic E-state index is 9.10. The van der Waals surface area contributed by atoms with Crippen LogP contribution in [0.15, 0.2) is 0 Å². The molecule has 0 aromatic heterocycles. The highest BCUT2D eigenvalue weighted by Gasteiger charge is 2.16. The molecular formula is C14H32NO5+. The quantitative estimate of drug-likeness (QED) is 0.579. The van der Waals surface area contributed by atoms with Crippen molar-refractivity contribution in [3.63, 3.8) is 0 Å². The van der Waals surface area contributed by atoms with Crippen molar-refractivity contribution in [1.29, 1.82) is 0 Å². The number of carboxylic acids is 2. The van der Waals surface area contributed by atoms with Crippen molar-refractivity contribution in [3.05, 3.63) is 0 Å². The Morgan fingerprint density at radius 3 is 1.00 bits per heavy atom. The summed E-state index contributed by atoms with van der Waals surface area (Å²) in [6, 6.07) is 0. The second-order valence-electron chi connectivity index (χ2n) is 4.00. The van der Waals surface area contributed by atoms with E-state index >= 15 is 0 Å². The highest BCUT2D eigenvalue weighted by molar-refractivity contribution is 6.27. The molecule has 0 spiro atoms. The number of aliphatic carboxylic acids is 2. The standard InChI is InChI=1S/C8H20N.C4H10O.C2H2O4/c1-5-9(6-2,7-3)8-4;1-3-5-4-2;3-1(4)2(5)6/h5-8H2,1-4H3;3-4H2,1-2H3;(H,3,4)(H,5,6)/q+1;;. The monoisotopic (exact) mass is 294 g/mol. The number of carboxylic acid groups (broad SMARTS) is 2. The molecule has 6 heteroatoms. The van der Waals surface area contributed by atoms with E-state index in [-0.39, 0.29) is 0 Å². The van der Waals surface area contributed by atoms with Gasteiger partial charge < -0.3 is 19.4 Å². The maximum absolute atomic E-state index is 9.10. The molecule has 20 heavy (non-hydrogen) atoms. The lowest BCUT2D eigenvalue weighted by Gasteiger charge is -2.34. The van der Waals surface area contributed by atoms with Gasteiger partial charge in [-0.2, -0.15) is 0 Å². The molecule has 0 saturated carbocycles. The van der Waals surface area contributed by atoms with Crippen LogP contribution in [0.3, 0.4) is 0 Å². The van der Waals surface area contributed by atoms with Crippen LogP contribution in [0.1, 0.15) is 41.5 Å². The second-order valence-corrected chi connectivity index (χ2v) is 4.00. The third kappa shape index (κ3) is 14.9. The summed E-state index contributed by atoms with van der Waals surface area (Å²) < 4.78 is 6.11. The van der Waals surface area contributed by atoms with Crippen LogP contribution in [0, 0.1) is 0 Å². The first-order valence-electron chi connectivity index (χ1n) is 7.19. The van der Waals surface area contributed by atoms with Crippen molar-refractivity contribution in [3.8, 4) is 0 Å². The molecule has 0 aromatic carbocycles. The Hall–Kier alpha value is -1.14. The Bertz CT molecular complexity index is 208. The first-order chi connectivity index (χ1) is 9.30. The van der Waals surface area contributed by atoms with Crippen LogP contribution in [-0.2, 0) is 14.3 Å². The molecule has 0 fully saturated rings. The SMILES string of the molecule is CCOCC.CC[N+](CC)(CC)CC.O=C(O)C(=O)O. The van der Waals surface area contributed by atoms with Crippen molar-refractivity contribution in [1.82, 2.24) is 0 Å². The van der Waals surface area contributed by atoms with Crippen LogP contribution in [0.4, 0.5) is 0 Å². The molecule has 2 N–H and O–H groups in total. The Morgan fingerprint density at radius 1 is 0.750 bits per heavy atom. The predicted molar refractivity (Wildman–Crippen MR) is 79.9 cm³/mol. The van der Waals surface area contributed by atoms with Gasteiger partial charge in [0.1, 0.15) is 0 Å². The van der Waals surface area contributed by atoms with E-state index in [0.29, 0.717) is 0 Å². The summed E-state index contributed by atoms with van der Waals surface area (Å²) in [5.74, 6) is -3.65. The van der Waals surface area contributed by atoms with Gasteiger partial charge in [-0.15, -0.1) is 0 Å². The van der Waals surface area contributed by atoms with Crippen molar-refractivity contribution < 1.29 is 29.0 Å². The maximum Gasteiger partial charge on any atom is 0.414 e. The highest BCUT2D eigenvalue weighted by atomic mass is 16.5. The molecule has 0 aliphatic heterocycles. The van der Waals surface area contributed by atoms with Crippen LogP contribution >= 0.6 is 0 Å². The first-order valence-corrected chi connectivity index (χ1v) is 7.19. The van der Waals surface area contributed by atoms with Crippen molar-refractivity contribution in [2.24, 2.45) is 0 Å². The number of carbonyl (C=O) groups is 2. The zero-order valence-corrected chi connectivity index (χ0v) is 13.8. The van der Waals surface area contributed by atoms with Gasteiger partial charge in [-0.3, -0.25) is 0 Å². The normalized spacial score (nSPS) is 9.70. The molecule has 0 saturated heterocycles. The largest absolute Gasteiger partial charge is 0.473 e. The number of ether oxygens (including phenoxy) is 1. The zero-order chi connectivity index (χ0) is 16.6. The minimum Gasteiger partial charge on any atom is -0.473 e. The van der Waals surface area contributed by atoms with E-state index in [2.05, 4.69) is 27.7 Å². The van der Waals surface area contributed by atoms with Crippen LogP contribution in [0.25, 0.3) is 0 Å². The zero-order valence-electron chi connectivity index (χ0n) is 13.8. The summed E-state index contributed by atoms with van der Waals surface area (Å²) in [4.78, 5) is 18.2. The Balaban J connectivity index is -0.000000230. The van der Waals surface area contributed by atoms with Crippen LogP contribution in [0.2, 0.25) is 0 Å². The van der Waals surface area contributed by atoms with Crippen molar-refractivity contribution in [2.45, 2.75) is 41.5 Å². The molecule has 0 aromatic rings. The highest BCUT2D eigenvalue weighted by Crippen LogP contribution is 2.03. The molecule has 0 aliphatic rings. The van der Waals surface area contributed by atoms with Gasteiger partial charge >= 0.3 is 11.9 Å².